The molecule has 30 heavy (non-hydrogen) atoms. The number of carbonyl (C=O) groups excluding carboxylic acids is 1. The largest absolute Gasteiger partial charge is 0.573 e. The summed E-state index contributed by atoms with van der Waals surface area (Å²) in [5.41, 5.74) is 2.35. The first-order valence-corrected chi connectivity index (χ1v) is 9.06. The van der Waals surface area contributed by atoms with E-state index in [9.17, 15) is 18.0 Å². The number of anilines is 2. The van der Waals surface area contributed by atoms with Gasteiger partial charge in [-0.15, -0.1) is 13.2 Å². The molecule has 1 heterocycles. The molecule has 2 aromatic carbocycles. The Hall–Kier alpha value is -3.62. The third-order valence-electron chi connectivity index (χ3n) is 3.87. The second-order valence-electron chi connectivity index (χ2n) is 6.69. The van der Waals surface area contributed by atoms with Crippen molar-refractivity contribution in [3.8, 4) is 17.0 Å². The zero-order valence-corrected chi connectivity index (χ0v) is 16.2. The van der Waals surface area contributed by atoms with Gasteiger partial charge in [0.2, 0.25) is 0 Å². The van der Waals surface area contributed by atoms with Gasteiger partial charge in [0.1, 0.15) is 17.9 Å². The highest BCUT2D eigenvalue weighted by molar-refractivity contribution is 5.95. The number of benzene rings is 2. The SMILES string of the molecule is CC(C)NC(=O)c1cccc(-c2cc(Nc3ccc(OC(F)(F)F)cc3)ncn2)c1. The number of rotatable bonds is 6. The summed E-state index contributed by atoms with van der Waals surface area (Å²) in [5.74, 6) is -0.0464. The lowest BCUT2D eigenvalue weighted by molar-refractivity contribution is -0.274. The normalized spacial score (nSPS) is 11.3. The first kappa shape index (κ1) is 21.1. The Morgan fingerprint density at radius 2 is 1.77 bits per heavy atom. The third kappa shape index (κ3) is 5.94. The highest BCUT2D eigenvalue weighted by atomic mass is 19.4. The van der Waals surface area contributed by atoms with Crippen molar-refractivity contribution >= 4 is 17.4 Å². The van der Waals surface area contributed by atoms with Gasteiger partial charge in [-0.2, -0.15) is 0 Å². The van der Waals surface area contributed by atoms with Crippen LogP contribution in [0.5, 0.6) is 5.75 Å². The molecule has 0 aliphatic heterocycles. The quantitative estimate of drug-likeness (QED) is 0.596. The maximum absolute atomic E-state index is 12.3. The molecule has 156 valence electrons. The standard InChI is InChI=1S/C21H19F3N4O2/c1-13(2)27-20(29)15-5-3-4-14(10-15)18-11-19(26-12-25-18)28-16-6-8-17(9-7-16)30-21(22,23)24/h3-13H,1-2H3,(H,27,29)(H,25,26,28). The fourth-order valence-electron chi connectivity index (χ4n) is 2.64. The van der Waals surface area contributed by atoms with Gasteiger partial charge in [0.05, 0.1) is 5.69 Å². The Balaban J connectivity index is 1.76. The van der Waals surface area contributed by atoms with Gasteiger partial charge < -0.3 is 15.4 Å². The van der Waals surface area contributed by atoms with Gasteiger partial charge >= 0.3 is 6.36 Å². The number of halogens is 3. The first-order chi connectivity index (χ1) is 14.2. The summed E-state index contributed by atoms with van der Waals surface area (Å²) in [5, 5.41) is 5.84. The Morgan fingerprint density at radius 1 is 1.03 bits per heavy atom. The molecule has 0 atom stereocenters. The van der Waals surface area contributed by atoms with Crippen LogP contribution < -0.4 is 15.4 Å². The minimum Gasteiger partial charge on any atom is -0.406 e. The summed E-state index contributed by atoms with van der Waals surface area (Å²) in [7, 11) is 0. The van der Waals surface area contributed by atoms with Crippen molar-refractivity contribution in [2.75, 3.05) is 5.32 Å². The van der Waals surface area contributed by atoms with E-state index < -0.39 is 6.36 Å². The van der Waals surface area contributed by atoms with Crippen LogP contribution in [0.25, 0.3) is 11.3 Å². The number of carbonyl (C=O) groups is 1. The number of hydrogen-bond donors (Lipinski definition) is 2. The topological polar surface area (TPSA) is 76.1 Å². The maximum atomic E-state index is 12.3. The van der Waals surface area contributed by atoms with Crippen LogP contribution in [0, 0.1) is 0 Å². The molecule has 0 spiro atoms. The van der Waals surface area contributed by atoms with E-state index in [0.29, 0.717) is 22.8 Å². The molecule has 0 saturated heterocycles. The van der Waals surface area contributed by atoms with Crippen LogP contribution in [0.3, 0.4) is 0 Å². The smallest absolute Gasteiger partial charge is 0.406 e. The van der Waals surface area contributed by atoms with Gasteiger partial charge in [-0.05, 0) is 50.2 Å². The molecule has 0 aliphatic carbocycles. The van der Waals surface area contributed by atoms with Crippen molar-refractivity contribution < 1.29 is 22.7 Å². The fraction of sp³-hybridized carbons (Fsp3) is 0.190. The average Bonchev–Trinajstić information content (AvgIpc) is 2.68. The second-order valence-corrected chi connectivity index (χ2v) is 6.69. The van der Waals surface area contributed by atoms with Gasteiger partial charge in [0.15, 0.2) is 0 Å². The molecule has 6 nitrogen and oxygen atoms in total. The predicted molar refractivity (Wildman–Crippen MR) is 106 cm³/mol. The number of nitrogens with zero attached hydrogens (tertiary/aromatic N) is 2. The Morgan fingerprint density at radius 3 is 2.43 bits per heavy atom. The number of amides is 1. The molecule has 2 N–H and O–H groups in total. The van der Waals surface area contributed by atoms with Crippen LogP contribution in [0.1, 0.15) is 24.2 Å². The molecule has 0 fully saturated rings. The molecular formula is C21H19F3N4O2. The molecule has 0 radical (unpaired) electrons. The Labute approximate surface area is 171 Å². The molecule has 0 aliphatic rings. The summed E-state index contributed by atoms with van der Waals surface area (Å²) in [6.07, 6.45) is -3.38. The number of nitrogens with one attached hydrogen (secondary N) is 2. The zero-order chi connectivity index (χ0) is 21.7. The van der Waals surface area contributed by atoms with Crippen LogP contribution in [0.15, 0.2) is 60.9 Å². The zero-order valence-electron chi connectivity index (χ0n) is 16.2. The van der Waals surface area contributed by atoms with Crippen molar-refractivity contribution in [1.29, 1.82) is 0 Å². The van der Waals surface area contributed by atoms with Gasteiger partial charge in [0, 0.05) is 28.9 Å². The highest BCUT2D eigenvalue weighted by Gasteiger charge is 2.30. The second kappa shape index (κ2) is 8.81. The van der Waals surface area contributed by atoms with E-state index in [4.69, 9.17) is 0 Å². The first-order valence-electron chi connectivity index (χ1n) is 9.06. The number of alkyl halides is 3. The minimum atomic E-state index is -4.74. The van der Waals surface area contributed by atoms with Crippen LogP contribution in [0.4, 0.5) is 24.7 Å². The van der Waals surface area contributed by atoms with E-state index in [1.807, 2.05) is 19.9 Å². The Kier molecular flexibility index (Phi) is 6.20. The minimum absolute atomic E-state index is 0.0175. The van der Waals surface area contributed by atoms with Gasteiger partial charge in [-0.25, -0.2) is 9.97 Å². The van der Waals surface area contributed by atoms with Gasteiger partial charge in [-0.1, -0.05) is 12.1 Å². The van der Waals surface area contributed by atoms with E-state index in [0.717, 1.165) is 5.56 Å². The lowest BCUT2D eigenvalue weighted by Gasteiger charge is -2.11. The monoisotopic (exact) mass is 416 g/mol. The highest BCUT2D eigenvalue weighted by Crippen LogP contribution is 2.26. The molecule has 0 bridgehead atoms. The van der Waals surface area contributed by atoms with Crippen LogP contribution in [0.2, 0.25) is 0 Å². The fourth-order valence-corrected chi connectivity index (χ4v) is 2.64. The summed E-state index contributed by atoms with van der Waals surface area (Å²) in [4.78, 5) is 20.6. The van der Waals surface area contributed by atoms with E-state index >= 15 is 0 Å². The lowest BCUT2D eigenvalue weighted by atomic mass is 10.1. The maximum Gasteiger partial charge on any atom is 0.573 e. The van der Waals surface area contributed by atoms with E-state index in [1.165, 1.54) is 30.6 Å². The van der Waals surface area contributed by atoms with E-state index in [1.54, 1.807) is 24.3 Å². The summed E-state index contributed by atoms with van der Waals surface area (Å²) in [6, 6.07) is 14.0. The molecule has 3 rings (SSSR count). The molecule has 9 heteroatoms. The van der Waals surface area contributed by atoms with E-state index in [-0.39, 0.29) is 17.7 Å². The number of ether oxygens (including phenoxy) is 1. The van der Waals surface area contributed by atoms with Gasteiger partial charge in [-0.3, -0.25) is 4.79 Å². The van der Waals surface area contributed by atoms with Crippen LogP contribution >= 0.6 is 0 Å². The van der Waals surface area contributed by atoms with Crippen molar-refractivity contribution in [2.24, 2.45) is 0 Å². The summed E-state index contributed by atoms with van der Waals surface area (Å²) < 4.78 is 40.6. The molecule has 0 unspecified atom stereocenters. The molecule has 0 saturated carbocycles. The molecule has 1 amide bonds. The van der Waals surface area contributed by atoms with E-state index in [2.05, 4.69) is 25.3 Å². The lowest BCUT2D eigenvalue weighted by Crippen LogP contribution is -2.30. The van der Waals surface area contributed by atoms with Crippen molar-refractivity contribution in [3.63, 3.8) is 0 Å². The average molecular weight is 416 g/mol. The number of aromatic nitrogens is 2. The van der Waals surface area contributed by atoms with Crippen LogP contribution in [-0.4, -0.2) is 28.3 Å². The van der Waals surface area contributed by atoms with Crippen molar-refractivity contribution in [2.45, 2.75) is 26.3 Å². The predicted octanol–water partition coefficient (Wildman–Crippen LogP) is 4.92. The molecule has 1 aromatic heterocycles. The number of hydrogen-bond acceptors (Lipinski definition) is 5. The third-order valence-corrected chi connectivity index (χ3v) is 3.87. The van der Waals surface area contributed by atoms with Crippen molar-refractivity contribution in [1.82, 2.24) is 15.3 Å². The molecule has 3 aromatic rings. The summed E-state index contributed by atoms with van der Waals surface area (Å²) >= 11 is 0. The summed E-state index contributed by atoms with van der Waals surface area (Å²) in [6.45, 7) is 3.76. The van der Waals surface area contributed by atoms with Gasteiger partial charge in [0.25, 0.3) is 5.91 Å². The van der Waals surface area contributed by atoms with Crippen LogP contribution in [-0.2, 0) is 0 Å². The molecular weight excluding hydrogens is 397 g/mol. The Bertz CT molecular complexity index is 1020. The van der Waals surface area contributed by atoms with Crippen molar-refractivity contribution in [3.05, 3.63) is 66.5 Å².